The molecule has 0 spiro atoms. The normalized spacial score (nSPS) is 19.4. The molecule has 1 aliphatic carbocycles. The highest BCUT2D eigenvalue weighted by Crippen LogP contribution is 2.32. The molecule has 74 valence electrons. The topological polar surface area (TPSA) is 30.0 Å². The van der Waals surface area contributed by atoms with E-state index in [2.05, 4.69) is 11.1 Å². The van der Waals surface area contributed by atoms with Crippen LogP contribution in [0.15, 0.2) is 18.3 Å². The lowest BCUT2D eigenvalue weighted by Crippen LogP contribution is -2.10. The number of Topliss-reactive ketones (excluding diaryl/α,β-unsaturated/α-hetero) is 1. The summed E-state index contributed by atoms with van der Waals surface area (Å²) >= 11 is 0. The molecule has 0 amide bonds. The standard InChI is InChI=1S/C12H15NO/c1-2-4-11(14)10-7-6-9-5-3-8-13-12(9)10/h3,5,8,10H,2,4,6-7H2,1H3. The van der Waals surface area contributed by atoms with E-state index < -0.39 is 0 Å². The first-order chi connectivity index (χ1) is 6.83. The summed E-state index contributed by atoms with van der Waals surface area (Å²) in [5.41, 5.74) is 2.30. The molecule has 1 heterocycles. The number of aromatic nitrogens is 1. The van der Waals surface area contributed by atoms with E-state index in [4.69, 9.17) is 0 Å². The molecule has 0 saturated carbocycles. The van der Waals surface area contributed by atoms with Crippen molar-refractivity contribution in [3.8, 4) is 0 Å². The van der Waals surface area contributed by atoms with Gasteiger partial charge in [-0.25, -0.2) is 0 Å². The van der Waals surface area contributed by atoms with Gasteiger partial charge in [0, 0.05) is 12.6 Å². The van der Waals surface area contributed by atoms with Crippen molar-refractivity contribution in [3.05, 3.63) is 29.6 Å². The lowest BCUT2D eigenvalue weighted by atomic mass is 9.98. The molecule has 1 aliphatic rings. The number of ketones is 1. The summed E-state index contributed by atoms with van der Waals surface area (Å²) in [7, 11) is 0. The fourth-order valence-corrected chi connectivity index (χ4v) is 2.15. The van der Waals surface area contributed by atoms with Crippen molar-refractivity contribution in [1.82, 2.24) is 4.98 Å². The van der Waals surface area contributed by atoms with Crippen LogP contribution in [0.5, 0.6) is 0 Å². The van der Waals surface area contributed by atoms with Crippen LogP contribution in [-0.4, -0.2) is 10.8 Å². The van der Waals surface area contributed by atoms with Crippen LogP contribution in [0.4, 0.5) is 0 Å². The third-order valence-corrected chi connectivity index (χ3v) is 2.84. The first kappa shape index (κ1) is 9.38. The zero-order valence-electron chi connectivity index (χ0n) is 8.49. The summed E-state index contributed by atoms with van der Waals surface area (Å²) < 4.78 is 0. The number of nitrogens with zero attached hydrogens (tertiary/aromatic N) is 1. The van der Waals surface area contributed by atoms with Gasteiger partial charge in [-0.2, -0.15) is 0 Å². The van der Waals surface area contributed by atoms with Gasteiger partial charge in [-0.05, 0) is 30.9 Å². The summed E-state index contributed by atoms with van der Waals surface area (Å²) in [5, 5.41) is 0. The lowest BCUT2D eigenvalue weighted by Gasteiger charge is -2.07. The molecule has 2 rings (SSSR count). The number of carbonyl (C=O) groups is 1. The number of fused-ring (bicyclic) bond motifs is 1. The largest absolute Gasteiger partial charge is 0.299 e. The van der Waals surface area contributed by atoms with Crippen LogP contribution in [-0.2, 0) is 11.2 Å². The minimum absolute atomic E-state index is 0.0890. The molecule has 1 aromatic rings. The van der Waals surface area contributed by atoms with Crippen molar-refractivity contribution < 1.29 is 4.79 Å². The van der Waals surface area contributed by atoms with Crippen LogP contribution in [0.2, 0.25) is 0 Å². The van der Waals surface area contributed by atoms with Crippen molar-refractivity contribution in [2.45, 2.75) is 38.5 Å². The molecule has 0 aliphatic heterocycles. The van der Waals surface area contributed by atoms with Gasteiger partial charge in [-0.15, -0.1) is 0 Å². The predicted octanol–water partition coefficient (Wildman–Crippen LogP) is 2.48. The van der Waals surface area contributed by atoms with E-state index in [0.717, 1.165) is 25.0 Å². The summed E-state index contributed by atoms with van der Waals surface area (Å²) in [5.74, 6) is 0.455. The Kier molecular flexibility index (Phi) is 2.62. The fraction of sp³-hybridized carbons (Fsp3) is 0.500. The minimum atomic E-state index is 0.0890. The number of aryl methyl sites for hydroxylation is 1. The molecule has 2 heteroatoms. The zero-order chi connectivity index (χ0) is 9.97. The SMILES string of the molecule is CCCC(=O)C1CCc2cccnc21. The number of pyridine rings is 1. The molecule has 0 bridgehead atoms. The Morgan fingerprint density at radius 2 is 2.50 bits per heavy atom. The Morgan fingerprint density at radius 3 is 3.29 bits per heavy atom. The number of rotatable bonds is 3. The second-order valence-electron chi connectivity index (χ2n) is 3.86. The number of carbonyl (C=O) groups excluding carboxylic acids is 1. The Bertz CT molecular complexity index is 346. The Morgan fingerprint density at radius 1 is 1.64 bits per heavy atom. The Hall–Kier alpha value is -1.18. The molecule has 0 aromatic carbocycles. The lowest BCUT2D eigenvalue weighted by molar-refractivity contribution is -0.120. The second kappa shape index (κ2) is 3.91. The molecule has 2 nitrogen and oxygen atoms in total. The van der Waals surface area contributed by atoms with E-state index in [1.165, 1.54) is 5.56 Å². The van der Waals surface area contributed by atoms with E-state index in [9.17, 15) is 4.79 Å². The first-order valence-corrected chi connectivity index (χ1v) is 5.29. The van der Waals surface area contributed by atoms with Gasteiger partial charge < -0.3 is 0 Å². The molecule has 0 saturated heterocycles. The van der Waals surface area contributed by atoms with Crippen molar-refractivity contribution >= 4 is 5.78 Å². The molecular formula is C12H15NO. The van der Waals surface area contributed by atoms with E-state index in [-0.39, 0.29) is 5.92 Å². The molecule has 14 heavy (non-hydrogen) atoms. The predicted molar refractivity (Wildman–Crippen MR) is 55.2 cm³/mol. The molecule has 1 unspecified atom stereocenters. The third kappa shape index (κ3) is 1.57. The van der Waals surface area contributed by atoms with Gasteiger partial charge in [0.25, 0.3) is 0 Å². The first-order valence-electron chi connectivity index (χ1n) is 5.29. The van der Waals surface area contributed by atoms with E-state index in [1.807, 2.05) is 13.0 Å². The Balaban J connectivity index is 2.21. The quantitative estimate of drug-likeness (QED) is 0.731. The van der Waals surface area contributed by atoms with Crippen molar-refractivity contribution in [2.24, 2.45) is 0 Å². The molecule has 0 N–H and O–H groups in total. The van der Waals surface area contributed by atoms with Crippen LogP contribution in [0.1, 0.15) is 43.4 Å². The highest BCUT2D eigenvalue weighted by Gasteiger charge is 2.28. The van der Waals surface area contributed by atoms with Gasteiger partial charge in [0.05, 0.1) is 11.6 Å². The second-order valence-corrected chi connectivity index (χ2v) is 3.86. The highest BCUT2D eigenvalue weighted by molar-refractivity contribution is 5.86. The monoisotopic (exact) mass is 189 g/mol. The van der Waals surface area contributed by atoms with E-state index >= 15 is 0 Å². The summed E-state index contributed by atoms with van der Waals surface area (Å²) in [6.07, 6.45) is 5.41. The van der Waals surface area contributed by atoms with Crippen molar-refractivity contribution in [1.29, 1.82) is 0 Å². The van der Waals surface area contributed by atoms with Gasteiger partial charge in [-0.1, -0.05) is 13.0 Å². The summed E-state index contributed by atoms with van der Waals surface area (Å²) in [6.45, 7) is 2.05. The van der Waals surface area contributed by atoms with Gasteiger partial charge in [-0.3, -0.25) is 9.78 Å². The molecule has 1 aromatic heterocycles. The number of hydrogen-bond donors (Lipinski definition) is 0. The van der Waals surface area contributed by atoms with Crippen LogP contribution >= 0.6 is 0 Å². The average Bonchev–Trinajstić information content (AvgIpc) is 2.61. The van der Waals surface area contributed by atoms with Gasteiger partial charge >= 0.3 is 0 Å². The molecular weight excluding hydrogens is 174 g/mol. The van der Waals surface area contributed by atoms with Crippen LogP contribution in [0, 0.1) is 0 Å². The number of hydrogen-bond acceptors (Lipinski definition) is 2. The summed E-state index contributed by atoms with van der Waals surface area (Å²) in [4.78, 5) is 16.1. The van der Waals surface area contributed by atoms with Crippen LogP contribution in [0.25, 0.3) is 0 Å². The summed E-state index contributed by atoms with van der Waals surface area (Å²) in [6, 6.07) is 4.03. The zero-order valence-corrected chi connectivity index (χ0v) is 8.49. The van der Waals surface area contributed by atoms with Crippen LogP contribution in [0.3, 0.4) is 0 Å². The average molecular weight is 189 g/mol. The van der Waals surface area contributed by atoms with Crippen LogP contribution < -0.4 is 0 Å². The highest BCUT2D eigenvalue weighted by atomic mass is 16.1. The maximum Gasteiger partial charge on any atom is 0.141 e. The molecule has 1 atom stereocenters. The minimum Gasteiger partial charge on any atom is -0.299 e. The molecule has 0 radical (unpaired) electrons. The fourth-order valence-electron chi connectivity index (χ4n) is 2.15. The maximum absolute atomic E-state index is 11.8. The maximum atomic E-state index is 11.8. The third-order valence-electron chi connectivity index (χ3n) is 2.84. The van der Waals surface area contributed by atoms with Gasteiger partial charge in [0.2, 0.25) is 0 Å². The van der Waals surface area contributed by atoms with E-state index in [0.29, 0.717) is 12.2 Å². The van der Waals surface area contributed by atoms with E-state index in [1.54, 1.807) is 6.20 Å². The van der Waals surface area contributed by atoms with Gasteiger partial charge in [0.15, 0.2) is 0 Å². The van der Waals surface area contributed by atoms with Crippen molar-refractivity contribution in [3.63, 3.8) is 0 Å². The van der Waals surface area contributed by atoms with Gasteiger partial charge in [0.1, 0.15) is 5.78 Å². The smallest absolute Gasteiger partial charge is 0.141 e. The Labute approximate surface area is 84.4 Å². The molecule has 0 fully saturated rings. The van der Waals surface area contributed by atoms with Crippen molar-refractivity contribution in [2.75, 3.05) is 0 Å².